The lowest BCUT2D eigenvalue weighted by atomic mass is 10.0. The minimum Gasteiger partial charge on any atom is -0.409 e. The molecule has 5 nitrogen and oxygen atoms in total. The molecule has 1 rings (SSSR count). The lowest BCUT2D eigenvalue weighted by molar-refractivity contribution is -0.155. The van der Waals surface area contributed by atoms with Crippen LogP contribution in [-0.4, -0.2) is 41.0 Å². The number of nitrogens with one attached hydrogen (secondary N) is 1. The monoisotopic (exact) mass is 283 g/mol. The van der Waals surface area contributed by atoms with Crippen LogP contribution in [0.5, 0.6) is 0 Å². The number of nitrogens with zero attached hydrogens (tertiary/aromatic N) is 1. The van der Waals surface area contributed by atoms with Crippen molar-refractivity contribution in [1.82, 2.24) is 5.32 Å². The van der Waals surface area contributed by atoms with Crippen LogP contribution in [0.25, 0.3) is 0 Å². The van der Waals surface area contributed by atoms with Gasteiger partial charge in [-0.05, 0) is 12.8 Å². The van der Waals surface area contributed by atoms with Crippen LogP contribution < -0.4 is 11.1 Å². The molecule has 5 N–H and O–H groups in total. The first-order valence-corrected chi connectivity index (χ1v) is 6.32. The highest BCUT2D eigenvalue weighted by atomic mass is 19.4. The van der Waals surface area contributed by atoms with Crippen LogP contribution >= 0.6 is 0 Å². The Kier molecular flexibility index (Phi) is 5.86. The van der Waals surface area contributed by atoms with E-state index in [1.165, 1.54) is 0 Å². The lowest BCUT2D eigenvalue weighted by Gasteiger charge is -2.25. The average molecular weight is 283 g/mol. The van der Waals surface area contributed by atoms with Crippen molar-refractivity contribution in [1.29, 1.82) is 0 Å². The van der Waals surface area contributed by atoms with Gasteiger partial charge in [0.2, 0.25) is 0 Å². The predicted octanol–water partition coefficient (Wildman–Crippen LogP) is 1.19. The van der Waals surface area contributed by atoms with Crippen LogP contribution in [0.3, 0.4) is 0 Å². The Bertz CT molecular complexity index is 310. The molecule has 0 aromatic rings. The molecule has 0 aliphatic heterocycles. The maximum Gasteiger partial charge on any atom is 0.400 e. The van der Waals surface area contributed by atoms with E-state index in [1.54, 1.807) is 0 Å². The first-order valence-electron chi connectivity index (χ1n) is 6.32. The summed E-state index contributed by atoms with van der Waals surface area (Å²) in [7, 11) is 0. The van der Waals surface area contributed by atoms with Crippen molar-refractivity contribution in [2.75, 3.05) is 6.54 Å². The van der Waals surface area contributed by atoms with Crippen LogP contribution in [0, 0.1) is 5.92 Å². The van der Waals surface area contributed by atoms with Gasteiger partial charge in [0.25, 0.3) is 0 Å². The normalized spacial score (nSPS) is 27.9. The van der Waals surface area contributed by atoms with E-state index >= 15 is 0 Å². The Morgan fingerprint density at radius 1 is 1.32 bits per heavy atom. The number of aliphatic hydroxyl groups excluding tert-OH is 1. The number of halogens is 3. The Hall–Kier alpha value is -1.02. The number of hydrogen-bond donors (Lipinski definition) is 4. The predicted molar refractivity (Wildman–Crippen MR) is 63.8 cm³/mol. The number of aliphatic hydroxyl groups is 1. The molecule has 19 heavy (non-hydrogen) atoms. The minimum absolute atomic E-state index is 0.376. The SMILES string of the molecule is NC(=NO)C(CNC1CCCCCC1O)C(F)(F)F. The largest absolute Gasteiger partial charge is 0.409 e. The van der Waals surface area contributed by atoms with Gasteiger partial charge in [-0.2, -0.15) is 13.2 Å². The van der Waals surface area contributed by atoms with E-state index in [-0.39, 0.29) is 6.04 Å². The summed E-state index contributed by atoms with van der Waals surface area (Å²) in [5, 5.41) is 23.3. The highest BCUT2D eigenvalue weighted by Crippen LogP contribution is 2.26. The number of amidine groups is 1. The molecular formula is C11H20F3N3O2. The van der Waals surface area contributed by atoms with Gasteiger partial charge < -0.3 is 21.4 Å². The first-order chi connectivity index (χ1) is 8.86. The van der Waals surface area contributed by atoms with Crippen molar-refractivity contribution in [3.8, 4) is 0 Å². The van der Waals surface area contributed by atoms with E-state index in [0.717, 1.165) is 19.3 Å². The first kappa shape index (κ1) is 16.0. The average Bonchev–Trinajstić information content (AvgIpc) is 2.53. The fourth-order valence-electron chi connectivity index (χ4n) is 2.25. The second-order valence-electron chi connectivity index (χ2n) is 4.84. The maximum absolute atomic E-state index is 12.7. The summed E-state index contributed by atoms with van der Waals surface area (Å²) in [6.07, 6.45) is -1.31. The quantitative estimate of drug-likeness (QED) is 0.205. The van der Waals surface area contributed by atoms with Gasteiger partial charge in [-0.1, -0.05) is 24.4 Å². The van der Waals surface area contributed by atoms with Crippen LogP contribution in [0.4, 0.5) is 13.2 Å². The molecule has 1 aliphatic rings. The molecular weight excluding hydrogens is 263 g/mol. The molecule has 0 heterocycles. The summed E-state index contributed by atoms with van der Waals surface area (Å²) in [5.74, 6) is -2.92. The standard InChI is InChI=1S/C11H20F3N3O2/c12-11(13,14)7(10(15)17-19)6-16-8-4-2-1-3-5-9(8)18/h7-9,16,18-19H,1-6H2,(H2,15,17). The maximum atomic E-state index is 12.7. The minimum atomic E-state index is -4.58. The molecule has 0 bridgehead atoms. The van der Waals surface area contributed by atoms with E-state index in [1.807, 2.05) is 0 Å². The molecule has 0 amide bonds. The third-order valence-electron chi connectivity index (χ3n) is 3.43. The summed E-state index contributed by atoms with van der Waals surface area (Å²) in [6, 6.07) is -0.376. The third-order valence-corrected chi connectivity index (χ3v) is 3.43. The van der Waals surface area contributed by atoms with Crippen molar-refractivity contribution in [3.05, 3.63) is 0 Å². The van der Waals surface area contributed by atoms with Crippen molar-refractivity contribution in [2.45, 2.75) is 50.4 Å². The van der Waals surface area contributed by atoms with Gasteiger partial charge in [-0.25, -0.2) is 0 Å². The van der Waals surface area contributed by atoms with Gasteiger partial charge in [0.15, 0.2) is 5.84 Å². The van der Waals surface area contributed by atoms with Crippen molar-refractivity contribution < 1.29 is 23.5 Å². The van der Waals surface area contributed by atoms with Gasteiger partial charge in [-0.15, -0.1) is 0 Å². The second kappa shape index (κ2) is 6.95. The van der Waals surface area contributed by atoms with Gasteiger partial charge in [0.05, 0.1) is 6.10 Å². The lowest BCUT2D eigenvalue weighted by Crippen LogP contribution is -2.48. The van der Waals surface area contributed by atoms with E-state index in [4.69, 9.17) is 10.9 Å². The molecule has 3 unspecified atom stereocenters. The van der Waals surface area contributed by atoms with Gasteiger partial charge in [-0.3, -0.25) is 0 Å². The molecule has 0 spiro atoms. The zero-order chi connectivity index (χ0) is 14.5. The Balaban J connectivity index is 2.60. The molecule has 1 fully saturated rings. The molecule has 0 saturated heterocycles. The Morgan fingerprint density at radius 3 is 2.53 bits per heavy atom. The Morgan fingerprint density at radius 2 is 1.95 bits per heavy atom. The summed E-state index contributed by atoms with van der Waals surface area (Å²) in [5.41, 5.74) is 5.06. The smallest absolute Gasteiger partial charge is 0.400 e. The van der Waals surface area contributed by atoms with Crippen molar-refractivity contribution in [2.24, 2.45) is 16.8 Å². The molecule has 0 aromatic carbocycles. The topological polar surface area (TPSA) is 90.9 Å². The highest BCUT2D eigenvalue weighted by Gasteiger charge is 2.43. The summed E-state index contributed by atoms with van der Waals surface area (Å²) < 4.78 is 38.1. The third kappa shape index (κ3) is 4.87. The fraction of sp³-hybridized carbons (Fsp3) is 0.909. The van der Waals surface area contributed by atoms with Crippen molar-refractivity contribution >= 4 is 5.84 Å². The zero-order valence-electron chi connectivity index (χ0n) is 10.5. The van der Waals surface area contributed by atoms with Crippen LogP contribution in [0.1, 0.15) is 32.1 Å². The number of alkyl halides is 3. The fourth-order valence-corrected chi connectivity index (χ4v) is 2.25. The number of hydrogen-bond acceptors (Lipinski definition) is 4. The van der Waals surface area contributed by atoms with Crippen LogP contribution in [0.15, 0.2) is 5.16 Å². The van der Waals surface area contributed by atoms with E-state index in [2.05, 4.69) is 10.5 Å². The van der Waals surface area contributed by atoms with Crippen molar-refractivity contribution in [3.63, 3.8) is 0 Å². The number of oxime groups is 1. The summed E-state index contributed by atoms with van der Waals surface area (Å²) >= 11 is 0. The van der Waals surface area contributed by atoms with E-state index in [0.29, 0.717) is 12.8 Å². The molecule has 1 saturated carbocycles. The number of rotatable bonds is 4. The van der Waals surface area contributed by atoms with E-state index < -0.39 is 30.6 Å². The van der Waals surface area contributed by atoms with Gasteiger partial charge >= 0.3 is 6.18 Å². The number of nitrogens with two attached hydrogens (primary N) is 1. The molecule has 1 aliphatic carbocycles. The van der Waals surface area contributed by atoms with Crippen LogP contribution in [0.2, 0.25) is 0 Å². The molecule has 0 aromatic heterocycles. The molecule has 112 valence electrons. The molecule has 3 atom stereocenters. The van der Waals surface area contributed by atoms with Gasteiger partial charge in [0.1, 0.15) is 5.92 Å². The Labute approximate surface area is 109 Å². The van der Waals surface area contributed by atoms with E-state index in [9.17, 15) is 18.3 Å². The summed E-state index contributed by atoms with van der Waals surface area (Å²) in [6.45, 7) is -0.499. The zero-order valence-corrected chi connectivity index (χ0v) is 10.5. The highest BCUT2D eigenvalue weighted by molar-refractivity contribution is 5.83. The molecule has 8 heteroatoms. The van der Waals surface area contributed by atoms with Crippen LogP contribution in [-0.2, 0) is 0 Å². The molecule has 0 radical (unpaired) electrons. The summed E-state index contributed by atoms with van der Waals surface area (Å²) in [4.78, 5) is 0. The van der Waals surface area contributed by atoms with Gasteiger partial charge in [0, 0.05) is 12.6 Å². The second-order valence-corrected chi connectivity index (χ2v) is 4.84.